The molecule has 0 N–H and O–H groups in total. The average Bonchev–Trinajstić information content (AvgIpc) is 2.20. The molecule has 3 nitrogen and oxygen atoms in total. The Morgan fingerprint density at radius 1 is 1.29 bits per heavy atom. The monoisotopic (exact) mass is 204 g/mol. The van der Waals surface area contributed by atoms with Crippen LogP contribution in [-0.4, -0.2) is 23.0 Å². The van der Waals surface area contributed by atoms with Gasteiger partial charge in [0.05, 0.1) is 0 Å². The first-order valence-corrected chi connectivity index (χ1v) is 4.38. The molecule has 1 heterocycles. The molecule has 0 aliphatic heterocycles. The van der Waals surface area contributed by atoms with Crippen molar-refractivity contribution in [1.29, 1.82) is 0 Å². The second kappa shape index (κ2) is 7.17. The molecule has 0 unspecified atom stereocenters. The van der Waals surface area contributed by atoms with Gasteiger partial charge in [0.15, 0.2) is 6.61 Å². The van der Waals surface area contributed by atoms with Crippen molar-refractivity contribution in [3.05, 3.63) is 18.0 Å². The summed E-state index contributed by atoms with van der Waals surface area (Å²) in [5, 5.41) is 0. The van der Waals surface area contributed by atoms with Crippen LogP contribution in [0.25, 0.3) is 0 Å². The van der Waals surface area contributed by atoms with Gasteiger partial charge in [0.1, 0.15) is 0 Å². The van der Waals surface area contributed by atoms with Gasteiger partial charge in [-0.3, -0.25) is 0 Å². The SMILES string of the molecule is CC.Cc1cnc(OCC(F)F)nc1. The molecule has 0 aliphatic rings. The summed E-state index contributed by atoms with van der Waals surface area (Å²) in [6, 6.07) is -0.0131. The zero-order chi connectivity index (χ0) is 11.0. The van der Waals surface area contributed by atoms with E-state index in [1.807, 2.05) is 13.8 Å². The van der Waals surface area contributed by atoms with Crippen molar-refractivity contribution in [2.24, 2.45) is 0 Å². The quantitative estimate of drug-likeness (QED) is 0.758. The summed E-state index contributed by atoms with van der Waals surface area (Å²) in [6.07, 6.45) is 0.525. The fourth-order valence-corrected chi connectivity index (χ4v) is 0.593. The Balaban J connectivity index is 0.000000791. The van der Waals surface area contributed by atoms with Gasteiger partial charge in [0.2, 0.25) is 0 Å². The van der Waals surface area contributed by atoms with Gasteiger partial charge in [-0.15, -0.1) is 0 Å². The molecule has 0 amide bonds. The standard InChI is InChI=1S/C7H8F2N2O.C2H6/c1-5-2-10-7(11-3-5)12-4-6(8)9;1-2/h2-3,6H,4H2,1H3;1-2H3. The Labute approximate surface area is 82.1 Å². The molecule has 1 aromatic heterocycles. The van der Waals surface area contributed by atoms with Crippen molar-refractivity contribution >= 4 is 0 Å². The molecule has 5 heteroatoms. The highest BCUT2D eigenvalue weighted by molar-refractivity contribution is 5.04. The molecular weight excluding hydrogens is 190 g/mol. The van der Waals surface area contributed by atoms with E-state index < -0.39 is 13.0 Å². The Hall–Kier alpha value is -1.26. The zero-order valence-electron chi connectivity index (χ0n) is 8.50. The number of alkyl halides is 2. The highest BCUT2D eigenvalue weighted by atomic mass is 19.3. The molecule has 0 radical (unpaired) electrons. The predicted molar refractivity (Wildman–Crippen MR) is 49.6 cm³/mol. The number of halogens is 2. The Bertz CT molecular complexity index is 239. The van der Waals surface area contributed by atoms with Crippen molar-refractivity contribution in [3.63, 3.8) is 0 Å². The van der Waals surface area contributed by atoms with Crippen LogP contribution in [0, 0.1) is 6.92 Å². The van der Waals surface area contributed by atoms with Gasteiger partial charge < -0.3 is 4.74 Å². The molecule has 1 aromatic rings. The van der Waals surface area contributed by atoms with Crippen LogP contribution in [-0.2, 0) is 0 Å². The second-order valence-electron chi connectivity index (χ2n) is 2.25. The van der Waals surface area contributed by atoms with Gasteiger partial charge in [-0.2, -0.15) is 0 Å². The molecule has 1 rings (SSSR count). The summed E-state index contributed by atoms with van der Waals surface area (Å²) < 4.78 is 27.8. The molecule has 0 spiro atoms. The topological polar surface area (TPSA) is 35.0 Å². The van der Waals surface area contributed by atoms with E-state index >= 15 is 0 Å². The average molecular weight is 204 g/mol. The summed E-state index contributed by atoms with van der Waals surface area (Å²) in [5.74, 6) is 0. The number of hydrogen-bond donors (Lipinski definition) is 0. The van der Waals surface area contributed by atoms with Crippen LogP contribution in [0.4, 0.5) is 8.78 Å². The van der Waals surface area contributed by atoms with Gasteiger partial charge in [-0.25, -0.2) is 18.7 Å². The first-order valence-electron chi connectivity index (χ1n) is 4.38. The van der Waals surface area contributed by atoms with E-state index in [1.165, 1.54) is 12.4 Å². The van der Waals surface area contributed by atoms with Crippen molar-refractivity contribution in [1.82, 2.24) is 9.97 Å². The molecule has 0 aliphatic carbocycles. The number of aryl methyl sites for hydroxylation is 1. The van der Waals surface area contributed by atoms with Gasteiger partial charge in [-0.05, 0) is 12.5 Å². The fourth-order valence-electron chi connectivity index (χ4n) is 0.593. The minimum Gasteiger partial charge on any atom is -0.457 e. The third-order valence-corrected chi connectivity index (χ3v) is 1.10. The summed E-state index contributed by atoms with van der Waals surface area (Å²) >= 11 is 0. The first kappa shape index (κ1) is 12.7. The van der Waals surface area contributed by atoms with Gasteiger partial charge >= 0.3 is 6.01 Å². The maximum atomic E-state index is 11.6. The molecule has 0 bridgehead atoms. The molecule has 0 aromatic carbocycles. The minimum atomic E-state index is -2.49. The van der Waals surface area contributed by atoms with Crippen LogP contribution in [0.1, 0.15) is 19.4 Å². The minimum absolute atomic E-state index is 0.0131. The highest BCUT2D eigenvalue weighted by Gasteiger charge is 2.04. The van der Waals surface area contributed by atoms with Crippen LogP contribution in [0.15, 0.2) is 12.4 Å². The lowest BCUT2D eigenvalue weighted by molar-refractivity contribution is 0.0770. The van der Waals surface area contributed by atoms with E-state index in [2.05, 4.69) is 14.7 Å². The summed E-state index contributed by atoms with van der Waals surface area (Å²) in [7, 11) is 0. The predicted octanol–water partition coefficient (Wildman–Crippen LogP) is 2.46. The maximum absolute atomic E-state index is 11.6. The Morgan fingerprint density at radius 3 is 2.21 bits per heavy atom. The fraction of sp³-hybridized carbons (Fsp3) is 0.556. The van der Waals surface area contributed by atoms with Crippen molar-refractivity contribution in [2.45, 2.75) is 27.2 Å². The van der Waals surface area contributed by atoms with Crippen LogP contribution < -0.4 is 4.74 Å². The Kier molecular flexibility index (Phi) is 6.53. The molecule has 0 saturated heterocycles. The summed E-state index contributed by atoms with van der Waals surface area (Å²) in [5.41, 5.74) is 0.861. The molecular formula is C9H14F2N2O. The van der Waals surface area contributed by atoms with E-state index in [4.69, 9.17) is 0 Å². The maximum Gasteiger partial charge on any atom is 0.316 e. The molecule has 80 valence electrons. The third-order valence-electron chi connectivity index (χ3n) is 1.10. The van der Waals surface area contributed by atoms with Crippen LogP contribution in [0.2, 0.25) is 0 Å². The largest absolute Gasteiger partial charge is 0.457 e. The third kappa shape index (κ3) is 5.40. The highest BCUT2D eigenvalue weighted by Crippen LogP contribution is 2.02. The number of aromatic nitrogens is 2. The lowest BCUT2D eigenvalue weighted by Gasteiger charge is -2.01. The molecule has 0 fully saturated rings. The first-order chi connectivity index (χ1) is 6.68. The number of hydrogen-bond acceptors (Lipinski definition) is 3. The lowest BCUT2D eigenvalue weighted by atomic mass is 10.4. The molecule has 0 saturated carbocycles. The summed E-state index contributed by atoms with van der Waals surface area (Å²) in [6.45, 7) is 5.14. The van der Waals surface area contributed by atoms with Crippen LogP contribution >= 0.6 is 0 Å². The van der Waals surface area contributed by atoms with Crippen LogP contribution in [0.5, 0.6) is 6.01 Å². The number of nitrogens with zero attached hydrogens (tertiary/aromatic N) is 2. The lowest BCUT2D eigenvalue weighted by Crippen LogP contribution is -2.08. The van der Waals surface area contributed by atoms with Crippen molar-refractivity contribution < 1.29 is 13.5 Å². The normalized spacial score (nSPS) is 9.29. The van der Waals surface area contributed by atoms with Crippen LogP contribution in [0.3, 0.4) is 0 Å². The van der Waals surface area contributed by atoms with Crippen molar-refractivity contribution in [3.8, 4) is 6.01 Å². The van der Waals surface area contributed by atoms with E-state index in [0.717, 1.165) is 5.56 Å². The van der Waals surface area contributed by atoms with E-state index in [9.17, 15) is 8.78 Å². The van der Waals surface area contributed by atoms with Gasteiger partial charge in [0, 0.05) is 12.4 Å². The van der Waals surface area contributed by atoms with Gasteiger partial charge in [0.25, 0.3) is 6.43 Å². The summed E-state index contributed by atoms with van der Waals surface area (Å²) in [4.78, 5) is 7.37. The van der Waals surface area contributed by atoms with E-state index in [0.29, 0.717) is 0 Å². The Morgan fingerprint density at radius 2 is 1.79 bits per heavy atom. The van der Waals surface area contributed by atoms with Gasteiger partial charge in [-0.1, -0.05) is 13.8 Å². The smallest absolute Gasteiger partial charge is 0.316 e. The molecule has 0 atom stereocenters. The molecule has 14 heavy (non-hydrogen) atoms. The second-order valence-corrected chi connectivity index (χ2v) is 2.25. The zero-order valence-corrected chi connectivity index (χ0v) is 8.50. The van der Waals surface area contributed by atoms with E-state index in [1.54, 1.807) is 6.92 Å². The number of ether oxygens (including phenoxy) is 1. The van der Waals surface area contributed by atoms with E-state index in [-0.39, 0.29) is 6.01 Å². The van der Waals surface area contributed by atoms with Crippen molar-refractivity contribution in [2.75, 3.05) is 6.61 Å². The number of rotatable bonds is 3.